The van der Waals surface area contributed by atoms with Gasteiger partial charge in [-0.1, -0.05) is 11.6 Å². The number of H-pyrrole nitrogens is 2. The van der Waals surface area contributed by atoms with Crippen LogP contribution < -0.4 is 16.5 Å². The molecule has 3 N–H and O–H groups in total. The zero-order valence-corrected chi connectivity index (χ0v) is 14.4. The van der Waals surface area contributed by atoms with Gasteiger partial charge in [-0.2, -0.15) is 5.10 Å². The molecule has 8 nitrogen and oxygen atoms in total. The van der Waals surface area contributed by atoms with Gasteiger partial charge in [0.25, 0.3) is 5.56 Å². The molecule has 0 spiro atoms. The van der Waals surface area contributed by atoms with E-state index in [1.54, 1.807) is 20.8 Å². The Morgan fingerprint density at radius 3 is 2.68 bits per heavy atom. The minimum Gasteiger partial charge on any atom is -0.365 e. The number of hydrogen-bond donors (Lipinski definition) is 3. The minimum absolute atomic E-state index is 0.140. The Morgan fingerprint density at radius 2 is 2.00 bits per heavy atom. The fourth-order valence-corrected chi connectivity index (χ4v) is 2.43. The van der Waals surface area contributed by atoms with Gasteiger partial charge in [-0.05, 0) is 39.0 Å². The predicted molar refractivity (Wildman–Crippen MR) is 93.8 cm³/mol. The number of nitrogens with one attached hydrogen (secondary N) is 3. The molecule has 0 aliphatic heterocycles. The lowest BCUT2D eigenvalue weighted by Gasteiger charge is -2.18. The Kier molecular flexibility index (Phi) is 4.09. The zero-order chi connectivity index (χ0) is 18.4. The molecule has 0 unspecified atom stereocenters. The van der Waals surface area contributed by atoms with E-state index in [9.17, 15) is 14.4 Å². The smallest absolute Gasteiger partial charge is 0.365 e. The van der Waals surface area contributed by atoms with Crippen LogP contribution in [0.5, 0.6) is 0 Å². The quantitative estimate of drug-likeness (QED) is 0.599. The lowest BCUT2D eigenvalue weighted by atomic mass is 10.1. The molecule has 0 fully saturated rings. The maximum absolute atomic E-state index is 12.8. The van der Waals surface area contributed by atoms with Gasteiger partial charge < -0.3 is 9.82 Å². The average Bonchev–Trinajstić information content (AvgIpc) is 2.92. The third kappa shape index (κ3) is 3.26. The van der Waals surface area contributed by atoms with E-state index in [4.69, 9.17) is 16.4 Å². The van der Waals surface area contributed by atoms with E-state index in [2.05, 4.69) is 20.7 Å². The average molecular weight is 363 g/mol. The van der Waals surface area contributed by atoms with Crippen molar-refractivity contribution in [3.63, 3.8) is 0 Å². The number of aromatic nitrogens is 3. The summed E-state index contributed by atoms with van der Waals surface area (Å²) in [5, 5.41) is 6.64. The van der Waals surface area contributed by atoms with Crippen LogP contribution in [-0.4, -0.2) is 26.7 Å². The van der Waals surface area contributed by atoms with Gasteiger partial charge in [0.05, 0.1) is 10.9 Å². The summed E-state index contributed by atoms with van der Waals surface area (Å²) >= 11 is 5.91. The van der Waals surface area contributed by atoms with E-state index in [0.29, 0.717) is 5.02 Å². The Labute approximate surface area is 146 Å². The van der Waals surface area contributed by atoms with Crippen molar-refractivity contribution in [3.05, 3.63) is 49.5 Å². The van der Waals surface area contributed by atoms with Crippen LogP contribution in [0, 0.1) is 0 Å². The van der Waals surface area contributed by atoms with Gasteiger partial charge in [-0.15, -0.1) is 5.48 Å². The molecule has 130 valence electrons. The maximum atomic E-state index is 12.8. The molecule has 3 aromatic rings. The summed E-state index contributed by atoms with van der Waals surface area (Å²) in [5.74, 6) is -0.845. The number of fused-ring (bicyclic) bond motifs is 2. The van der Waals surface area contributed by atoms with E-state index in [-0.39, 0.29) is 27.5 Å². The Bertz CT molecular complexity index is 1110. The van der Waals surface area contributed by atoms with Gasteiger partial charge in [0.15, 0.2) is 16.6 Å². The molecule has 0 saturated carbocycles. The van der Waals surface area contributed by atoms with Crippen LogP contribution in [0.1, 0.15) is 31.3 Å². The molecule has 1 aromatic carbocycles. The number of nitrogens with zero attached hydrogens (tertiary/aromatic N) is 1. The Morgan fingerprint density at radius 1 is 1.28 bits per heavy atom. The topological polar surface area (TPSA) is 117 Å². The van der Waals surface area contributed by atoms with Crippen LogP contribution in [0.3, 0.4) is 0 Å². The van der Waals surface area contributed by atoms with E-state index < -0.39 is 22.5 Å². The predicted octanol–water partition coefficient (Wildman–Crippen LogP) is 1.88. The number of carbonyl (C=O) groups is 1. The van der Waals surface area contributed by atoms with Crippen LogP contribution in [0.4, 0.5) is 0 Å². The minimum atomic E-state index is -0.845. The number of hydrogen-bond acceptors (Lipinski definition) is 6. The van der Waals surface area contributed by atoms with Crippen LogP contribution >= 0.6 is 11.6 Å². The van der Waals surface area contributed by atoms with Crippen molar-refractivity contribution in [2.45, 2.75) is 26.3 Å². The highest BCUT2D eigenvalue weighted by Gasteiger charge is 2.22. The monoisotopic (exact) mass is 362 g/mol. The molecule has 0 radical (unpaired) electrons. The van der Waals surface area contributed by atoms with Crippen molar-refractivity contribution >= 4 is 39.4 Å². The second kappa shape index (κ2) is 5.98. The number of carbonyl (C=O) groups excluding carboxylic acids is 1. The van der Waals surface area contributed by atoms with Crippen LogP contribution in [-0.2, 0) is 4.84 Å². The molecule has 9 heteroatoms. The molecule has 0 saturated heterocycles. The second-order valence-electron chi connectivity index (χ2n) is 6.54. The first-order chi connectivity index (χ1) is 11.7. The summed E-state index contributed by atoms with van der Waals surface area (Å²) in [4.78, 5) is 45.0. The van der Waals surface area contributed by atoms with Crippen LogP contribution in [0.25, 0.3) is 21.8 Å². The van der Waals surface area contributed by atoms with Gasteiger partial charge in [0.2, 0.25) is 0 Å². The summed E-state index contributed by atoms with van der Waals surface area (Å²) in [5.41, 5.74) is 0.794. The van der Waals surface area contributed by atoms with Gasteiger partial charge >= 0.3 is 5.97 Å². The molecule has 0 atom stereocenters. The van der Waals surface area contributed by atoms with Crippen molar-refractivity contribution in [3.8, 4) is 0 Å². The molecule has 2 aromatic heterocycles. The van der Waals surface area contributed by atoms with Crippen LogP contribution in [0.2, 0.25) is 5.02 Å². The van der Waals surface area contributed by atoms with Crippen molar-refractivity contribution in [2.75, 3.05) is 0 Å². The molecular weight excluding hydrogens is 348 g/mol. The molecule has 2 heterocycles. The fourth-order valence-electron chi connectivity index (χ4n) is 2.26. The lowest BCUT2D eigenvalue weighted by Crippen LogP contribution is -2.37. The number of aromatic amines is 2. The molecular formula is C16H15ClN4O4. The zero-order valence-electron chi connectivity index (χ0n) is 13.7. The molecule has 25 heavy (non-hydrogen) atoms. The first kappa shape index (κ1) is 17.1. The summed E-state index contributed by atoms with van der Waals surface area (Å²) in [7, 11) is 0. The van der Waals surface area contributed by atoms with Crippen molar-refractivity contribution < 1.29 is 9.63 Å². The number of halogens is 1. The van der Waals surface area contributed by atoms with Gasteiger partial charge in [-0.3, -0.25) is 14.7 Å². The maximum Gasteiger partial charge on any atom is 0.375 e. The summed E-state index contributed by atoms with van der Waals surface area (Å²) in [6.45, 7) is 5.39. The molecule has 0 bridgehead atoms. The highest BCUT2D eigenvalue weighted by Crippen LogP contribution is 2.16. The molecule has 3 rings (SSSR count). The standard InChI is InChI=1S/C16H15ClN4O4/c1-16(2,3)21-25-15(24)12-10-11(19-20-12)14(23)18-9-6-7(17)4-5-8(9)13(10)22/h4-6,21H,1-3H3,(H,18,23)(H,19,20). The van der Waals surface area contributed by atoms with Gasteiger partial charge in [0.1, 0.15) is 0 Å². The fraction of sp³-hybridized carbons (Fsp3) is 0.250. The van der Waals surface area contributed by atoms with E-state index >= 15 is 0 Å². The summed E-state index contributed by atoms with van der Waals surface area (Å²) < 4.78 is 0. The highest BCUT2D eigenvalue weighted by molar-refractivity contribution is 6.31. The number of benzene rings is 1. The lowest BCUT2D eigenvalue weighted by molar-refractivity contribution is 0.00421. The first-order valence-electron chi connectivity index (χ1n) is 7.39. The van der Waals surface area contributed by atoms with Gasteiger partial charge in [-0.25, -0.2) is 4.79 Å². The van der Waals surface area contributed by atoms with Crippen LogP contribution in [0.15, 0.2) is 27.8 Å². The van der Waals surface area contributed by atoms with Gasteiger partial charge in [0, 0.05) is 15.9 Å². The Hall–Kier alpha value is -2.71. The number of hydroxylamine groups is 1. The largest absolute Gasteiger partial charge is 0.375 e. The SMILES string of the molecule is CC(C)(C)NOC(=O)c1[nH]nc2c(=O)[nH]c3cc(Cl)ccc3c(=O)c12. The molecule has 0 aliphatic carbocycles. The Balaban J connectivity index is 2.27. The van der Waals surface area contributed by atoms with E-state index in [1.807, 2.05) is 0 Å². The third-order valence-electron chi connectivity index (χ3n) is 3.34. The highest BCUT2D eigenvalue weighted by atomic mass is 35.5. The van der Waals surface area contributed by atoms with Crippen molar-refractivity contribution in [1.29, 1.82) is 0 Å². The second-order valence-corrected chi connectivity index (χ2v) is 6.97. The van der Waals surface area contributed by atoms with Crippen molar-refractivity contribution in [2.24, 2.45) is 0 Å². The van der Waals surface area contributed by atoms with E-state index in [0.717, 1.165) is 0 Å². The third-order valence-corrected chi connectivity index (χ3v) is 3.57. The van der Waals surface area contributed by atoms with Crippen molar-refractivity contribution in [1.82, 2.24) is 20.7 Å². The normalized spacial score (nSPS) is 11.8. The number of rotatable bonds is 2. The molecule has 0 aliphatic rings. The van der Waals surface area contributed by atoms with E-state index in [1.165, 1.54) is 18.2 Å². The molecule has 0 amide bonds. The first-order valence-corrected chi connectivity index (χ1v) is 7.77. The summed E-state index contributed by atoms with van der Waals surface area (Å²) in [6.07, 6.45) is 0. The summed E-state index contributed by atoms with van der Waals surface area (Å²) in [6, 6.07) is 4.46.